The quantitative estimate of drug-likeness (QED) is 0.347. The number of ether oxygens (including phenoxy) is 3. The third kappa shape index (κ3) is 7.67. The van der Waals surface area contributed by atoms with Crippen molar-refractivity contribution < 1.29 is 14.2 Å². The van der Waals surface area contributed by atoms with Crippen LogP contribution < -0.4 is 14.5 Å². The second-order valence-electron chi connectivity index (χ2n) is 8.90. The first-order valence-corrected chi connectivity index (χ1v) is 12.9. The highest BCUT2D eigenvalue weighted by Gasteiger charge is 2.15. The van der Waals surface area contributed by atoms with Gasteiger partial charge in [0.2, 0.25) is 0 Å². The van der Waals surface area contributed by atoms with E-state index in [9.17, 15) is 0 Å². The van der Waals surface area contributed by atoms with Gasteiger partial charge in [0, 0.05) is 57.9 Å². The third-order valence-electron chi connectivity index (χ3n) is 6.02. The van der Waals surface area contributed by atoms with Crippen molar-refractivity contribution in [2.24, 2.45) is 0 Å². The maximum atomic E-state index is 5.95. The number of rotatable bonds is 12. The Morgan fingerprint density at radius 3 is 2.51 bits per heavy atom. The average molecular weight is 497 g/mol. The van der Waals surface area contributed by atoms with E-state index in [0.29, 0.717) is 13.2 Å². The third-order valence-corrected chi connectivity index (χ3v) is 6.97. The summed E-state index contributed by atoms with van der Waals surface area (Å²) in [5.74, 6) is 0.866. The summed E-state index contributed by atoms with van der Waals surface area (Å²) >= 11 is 1.67. The lowest BCUT2D eigenvalue weighted by molar-refractivity contribution is 0.0177. The van der Waals surface area contributed by atoms with Crippen LogP contribution in [-0.4, -0.2) is 70.5 Å². The predicted molar refractivity (Wildman–Crippen MR) is 143 cm³/mol. The van der Waals surface area contributed by atoms with Gasteiger partial charge < -0.3 is 24.0 Å². The van der Waals surface area contributed by atoms with Crippen LogP contribution in [0.15, 0.2) is 53.9 Å². The number of benzene rings is 2. The second kappa shape index (κ2) is 12.9. The molecule has 0 bridgehead atoms. The summed E-state index contributed by atoms with van der Waals surface area (Å²) in [6, 6.07) is 16.9. The van der Waals surface area contributed by atoms with E-state index in [1.165, 1.54) is 16.8 Å². The van der Waals surface area contributed by atoms with Crippen molar-refractivity contribution in [3.05, 3.63) is 70.7 Å². The molecule has 0 spiro atoms. The van der Waals surface area contributed by atoms with Crippen molar-refractivity contribution in [3.63, 3.8) is 0 Å². The molecule has 1 fully saturated rings. The van der Waals surface area contributed by atoms with Gasteiger partial charge in [-0.1, -0.05) is 24.3 Å². The highest BCUT2D eigenvalue weighted by molar-refractivity contribution is 7.13. The fourth-order valence-corrected chi connectivity index (χ4v) is 4.85. The highest BCUT2D eigenvalue weighted by atomic mass is 32.1. The largest absolute Gasteiger partial charge is 0.497 e. The first-order chi connectivity index (χ1) is 17.1. The molecule has 0 N–H and O–H groups in total. The van der Waals surface area contributed by atoms with Crippen molar-refractivity contribution >= 4 is 22.2 Å². The fraction of sp³-hybridized carbons (Fsp3) is 0.444. The Labute approximate surface area is 212 Å². The number of morpholine rings is 1. The zero-order valence-electron chi connectivity index (χ0n) is 21.0. The first-order valence-electron chi connectivity index (χ1n) is 12.1. The Morgan fingerprint density at radius 1 is 1.03 bits per heavy atom. The molecular formula is C27H36N4O3S. The van der Waals surface area contributed by atoms with Crippen LogP contribution in [0.5, 0.6) is 5.75 Å². The Bertz CT molecular complexity index is 1050. The van der Waals surface area contributed by atoms with Crippen LogP contribution in [0.4, 0.5) is 10.8 Å². The second-order valence-corrected chi connectivity index (χ2v) is 9.74. The van der Waals surface area contributed by atoms with Gasteiger partial charge in [-0.3, -0.25) is 4.90 Å². The molecule has 35 heavy (non-hydrogen) atoms. The zero-order valence-corrected chi connectivity index (χ0v) is 21.8. The molecule has 7 nitrogen and oxygen atoms in total. The Kier molecular flexibility index (Phi) is 9.36. The number of aromatic nitrogens is 1. The molecule has 0 unspecified atom stereocenters. The summed E-state index contributed by atoms with van der Waals surface area (Å²) in [6.07, 6.45) is 0. The topological polar surface area (TPSA) is 50.3 Å². The maximum absolute atomic E-state index is 5.95. The molecule has 8 heteroatoms. The van der Waals surface area contributed by atoms with Gasteiger partial charge in [-0.25, -0.2) is 4.98 Å². The number of hydrogen-bond donors (Lipinski definition) is 0. The molecule has 0 aliphatic carbocycles. The molecule has 1 aliphatic heterocycles. The van der Waals surface area contributed by atoms with Crippen LogP contribution in [0.1, 0.15) is 16.8 Å². The standard InChI is InChI=1S/C27H36N4O3S/c1-29(2)25-8-4-6-22(16-25)18-31(19-23-7-5-9-26(17-23)32-3)27-28-24(21-35-27)20-34-15-12-30-10-13-33-14-11-30/h4-9,16-17,21H,10-15,18-20H2,1-3H3. The zero-order chi connectivity index (χ0) is 24.5. The Hall–Kier alpha value is -2.65. The number of nitrogens with zero attached hydrogens (tertiary/aromatic N) is 4. The van der Waals surface area contributed by atoms with Gasteiger partial charge >= 0.3 is 0 Å². The van der Waals surface area contributed by atoms with Crippen molar-refractivity contribution in [1.29, 1.82) is 0 Å². The molecule has 3 aromatic rings. The smallest absolute Gasteiger partial charge is 0.186 e. The lowest BCUT2D eigenvalue weighted by atomic mass is 10.1. The van der Waals surface area contributed by atoms with Gasteiger partial charge in [0.15, 0.2) is 5.13 Å². The molecule has 0 saturated carbocycles. The molecule has 4 rings (SSSR count). The molecule has 2 aromatic carbocycles. The fourth-order valence-electron chi connectivity index (χ4n) is 4.04. The van der Waals surface area contributed by atoms with Crippen molar-refractivity contribution in [2.45, 2.75) is 19.7 Å². The van der Waals surface area contributed by atoms with Gasteiger partial charge in [0.05, 0.1) is 39.2 Å². The molecule has 0 atom stereocenters. The van der Waals surface area contributed by atoms with Crippen molar-refractivity contribution in [1.82, 2.24) is 9.88 Å². The maximum Gasteiger partial charge on any atom is 0.186 e. The lowest BCUT2D eigenvalue weighted by Crippen LogP contribution is -2.38. The van der Waals surface area contributed by atoms with Gasteiger partial charge in [-0.15, -0.1) is 11.3 Å². The van der Waals surface area contributed by atoms with Crippen LogP contribution in [-0.2, 0) is 29.2 Å². The Morgan fingerprint density at radius 2 is 1.77 bits per heavy atom. The van der Waals surface area contributed by atoms with Crippen LogP contribution in [0.3, 0.4) is 0 Å². The van der Waals surface area contributed by atoms with E-state index in [-0.39, 0.29) is 0 Å². The highest BCUT2D eigenvalue weighted by Crippen LogP contribution is 2.27. The monoisotopic (exact) mass is 496 g/mol. The van der Waals surface area contributed by atoms with Gasteiger partial charge in [0.1, 0.15) is 5.75 Å². The van der Waals surface area contributed by atoms with Crippen LogP contribution in [0, 0.1) is 0 Å². The van der Waals surface area contributed by atoms with E-state index in [0.717, 1.165) is 62.5 Å². The molecular weight excluding hydrogens is 460 g/mol. The molecule has 188 valence electrons. The predicted octanol–water partition coefficient (Wildman–Crippen LogP) is 4.27. The number of methoxy groups -OCH3 is 1. The minimum atomic E-state index is 0.532. The van der Waals surface area contributed by atoms with Gasteiger partial charge in [0.25, 0.3) is 0 Å². The van der Waals surface area contributed by atoms with Crippen LogP contribution in [0.2, 0.25) is 0 Å². The normalized spacial score (nSPS) is 14.1. The first kappa shape index (κ1) is 25.4. The minimum Gasteiger partial charge on any atom is -0.497 e. The molecule has 1 saturated heterocycles. The van der Waals surface area contributed by atoms with Crippen molar-refractivity contribution in [2.75, 3.05) is 70.5 Å². The molecule has 1 aromatic heterocycles. The summed E-state index contributed by atoms with van der Waals surface area (Å²) in [7, 11) is 5.84. The molecule has 0 amide bonds. The Balaban J connectivity index is 1.43. The molecule has 2 heterocycles. The SMILES string of the molecule is COc1cccc(CN(Cc2cccc(N(C)C)c2)c2nc(COCCN3CCOCC3)cs2)c1. The summed E-state index contributed by atoms with van der Waals surface area (Å²) in [6.45, 7) is 7.28. The molecule has 1 aliphatic rings. The van der Waals surface area contributed by atoms with Gasteiger partial charge in [-0.2, -0.15) is 0 Å². The summed E-state index contributed by atoms with van der Waals surface area (Å²) in [5.41, 5.74) is 4.60. The average Bonchev–Trinajstić information content (AvgIpc) is 3.36. The van der Waals surface area contributed by atoms with E-state index < -0.39 is 0 Å². The number of thiazole rings is 1. The van der Waals surface area contributed by atoms with Gasteiger partial charge in [-0.05, 0) is 35.4 Å². The summed E-state index contributed by atoms with van der Waals surface area (Å²) in [5, 5.41) is 3.11. The number of hydrogen-bond acceptors (Lipinski definition) is 8. The van der Waals surface area contributed by atoms with E-state index in [1.54, 1.807) is 18.4 Å². The van der Waals surface area contributed by atoms with Crippen LogP contribution >= 0.6 is 11.3 Å². The summed E-state index contributed by atoms with van der Waals surface area (Å²) in [4.78, 5) is 11.8. The van der Waals surface area contributed by atoms with E-state index in [1.807, 2.05) is 12.1 Å². The number of anilines is 2. The van der Waals surface area contributed by atoms with E-state index >= 15 is 0 Å². The van der Waals surface area contributed by atoms with Crippen LogP contribution in [0.25, 0.3) is 0 Å². The molecule has 0 radical (unpaired) electrons. The minimum absolute atomic E-state index is 0.532. The lowest BCUT2D eigenvalue weighted by Gasteiger charge is -2.26. The summed E-state index contributed by atoms with van der Waals surface area (Å²) < 4.78 is 16.8. The van der Waals surface area contributed by atoms with Crippen molar-refractivity contribution in [3.8, 4) is 5.75 Å². The van der Waals surface area contributed by atoms with E-state index in [4.69, 9.17) is 19.2 Å². The van der Waals surface area contributed by atoms with E-state index in [2.05, 4.69) is 70.6 Å².